The van der Waals surface area contributed by atoms with Crippen molar-refractivity contribution in [3.63, 3.8) is 0 Å². The minimum absolute atomic E-state index is 0.0198. The minimum atomic E-state index is -3.32. The van der Waals surface area contributed by atoms with Crippen LogP contribution < -0.4 is 10.6 Å². The van der Waals surface area contributed by atoms with Crippen molar-refractivity contribution in [3.8, 4) is 0 Å². The van der Waals surface area contributed by atoms with Crippen molar-refractivity contribution in [2.45, 2.75) is 17.4 Å². The molecular formula is C23H21ClN2O4S. The van der Waals surface area contributed by atoms with E-state index >= 15 is 0 Å². The van der Waals surface area contributed by atoms with Crippen LogP contribution in [-0.2, 0) is 14.6 Å². The molecule has 0 bridgehead atoms. The van der Waals surface area contributed by atoms with Gasteiger partial charge in [-0.2, -0.15) is 0 Å². The molecule has 3 rings (SSSR count). The van der Waals surface area contributed by atoms with E-state index in [1.807, 2.05) is 30.3 Å². The van der Waals surface area contributed by atoms with Crippen LogP contribution in [0.4, 0.5) is 5.69 Å². The van der Waals surface area contributed by atoms with Gasteiger partial charge in [0.15, 0.2) is 9.84 Å². The molecule has 0 aromatic heterocycles. The average Bonchev–Trinajstić information content (AvgIpc) is 2.74. The predicted molar refractivity (Wildman–Crippen MR) is 121 cm³/mol. The fourth-order valence-corrected chi connectivity index (χ4v) is 3.85. The van der Waals surface area contributed by atoms with Crippen molar-refractivity contribution in [2.24, 2.45) is 0 Å². The molecule has 0 heterocycles. The maximum atomic E-state index is 12.7. The van der Waals surface area contributed by atoms with Gasteiger partial charge in [-0.15, -0.1) is 0 Å². The zero-order chi connectivity index (χ0) is 22.4. The summed E-state index contributed by atoms with van der Waals surface area (Å²) < 4.78 is 23.2. The summed E-state index contributed by atoms with van der Waals surface area (Å²) in [7, 11) is -3.32. The largest absolute Gasteiger partial charge is 0.345 e. The number of hydrogen-bond acceptors (Lipinski definition) is 4. The van der Waals surface area contributed by atoms with E-state index in [1.54, 1.807) is 24.3 Å². The molecule has 0 saturated carbocycles. The van der Waals surface area contributed by atoms with Crippen LogP contribution >= 0.6 is 11.6 Å². The summed E-state index contributed by atoms with van der Waals surface area (Å²) in [6, 6.07) is 21.2. The third-order valence-electron chi connectivity index (χ3n) is 4.58. The van der Waals surface area contributed by atoms with Crippen LogP contribution in [0.1, 0.15) is 28.4 Å². The lowest BCUT2D eigenvalue weighted by atomic mass is 10.0. The molecule has 160 valence electrons. The maximum absolute atomic E-state index is 12.7. The van der Waals surface area contributed by atoms with Gasteiger partial charge in [0.2, 0.25) is 5.91 Å². The second kappa shape index (κ2) is 9.76. The number of amides is 2. The molecule has 6 nitrogen and oxygen atoms in total. The van der Waals surface area contributed by atoms with Crippen LogP contribution in [0.2, 0.25) is 5.02 Å². The quantitative estimate of drug-likeness (QED) is 0.556. The van der Waals surface area contributed by atoms with E-state index in [1.165, 1.54) is 24.3 Å². The van der Waals surface area contributed by atoms with Gasteiger partial charge < -0.3 is 10.6 Å². The molecule has 1 atom stereocenters. The molecule has 0 fully saturated rings. The number of nitrogens with one attached hydrogen (secondary N) is 2. The van der Waals surface area contributed by atoms with Gasteiger partial charge in [-0.1, -0.05) is 54.1 Å². The Morgan fingerprint density at radius 3 is 2.13 bits per heavy atom. The molecule has 31 heavy (non-hydrogen) atoms. The van der Waals surface area contributed by atoms with Crippen LogP contribution in [0.5, 0.6) is 0 Å². The van der Waals surface area contributed by atoms with Crippen molar-refractivity contribution < 1.29 is 18.0 Å². The van der Waals surface area contributed by atoms with Crippen molar-refractivity contribution >= 4 is 38.9 Å². The normalized spacial score (nSPS) is 12.1. The summed E-state index contributed by atoms with van der Waals surface area (Å²) in [4.78, 5) is 25.6. The van der Waals surface area contributed by atoms with E-state index in [-0.39, 0.29) is 23.1 Å². The summed E-state index contributed by atoms with van der Waals surface area (Å²) in [5.41, 5.74) is 1.55. The zero-order valence-corrected chi connectivity index (χ0v) is 18.3. The smallest absolute Gasteiger partial charge is 0.253 e. The Kier molecular flexibility index (Phi) is 7.09. The topological polar surface area (TPSA) is 92.3 Å². The monoisotopic (exact) mass is 456 g/mol. The molecule has 3 aromatic rings. The number of hydrogen-bond donors (Lipinski definition) is 2. The SMILES string of the molecule is CS(=O)(=O)c1ccc(NC(=O)CC(NC(=O)c2ccccc2Cl)c2ccccc2)cc1. The highest BCUT2D eigenvalue weighted by atomic mass is 35.5. The lowest BCUT2D eigenvalue weighted by Crippen LogP contribution is -2.31. The Morgan fingerprint density at radius 2 is 1.52 bits per heavy atom. The standard InChI is InChI=1S/C23H21ClN2O4S/c1-31(29,30)18-13-11-17(12-14-18)25-22(27)15-21(16-7-3-2-4-8-16)26-23(28)19-9-5-6-10-20(19)24/h2-14,21H,15H2,1H3,(H,25,27)(H,26,28). The molecular weight excluding hydrogens is 436 g/mol. The highest BCUT2D eigenvalue weighted by Crippen LogP contribution is 2.21. The van der Waals surface area contributed by atoms with Crippen LogP contribution in [0.25, 0.3) is 0 Å². The maximum Gasteiger partial charge on any atom is 0.253 e. The molecule has 3 aromatic carbocycles. The van der Waals surface area contributed by atoms with E-state index in [4.69, 9.17) is 11.6 Å². The van der Waals surface area contributed by atoms with Gasteiger partial charge in [-0.25, -0.2) is 8.42 Å². The molecule has 0 aliphatic rings. The van der Waals surface area contributed by atoms with Crippen molar-refractivity contribution in [1.29, 1.82) is 0 Å². The summed E-state index contributed by atoms with van der Waals surface area (Å²) in [5.74, 6) is -0.717. The number of carbonyl (C=O) groups excluding carboxylic acids is 2. The van der Waals surface area contributed by atoms with E-state index < -0.39 is 15.9 Å². The van der Waals surface area contributed by atoms with Gasteiger partial charge in [-0.3, -0.25) is 9.59 Å². The highest BCUT2D eigenvalue weighted by Gasteiger charge is 2.20. The lowest BCUT2D eigenvalue weighted by molar-refractivity contribution is -0.116. The molecule has 2 amide bonds. The first-order chi connectivity index (χ1) is 14.7. The van der Waals surface area contributed by atoms with Gasteiger partial charge in [0, 0.05) is 11.9 Å². The van der Waals surface area contributed by atoms with Gasteiger partial charge >= 0.3 is 0 Å². The number of benzene rings is 3. The van der Waals surface area contributed by atoms with Crippen LogP contribution in [0, 0.1) is 0 Å². The fourth-order valence-electron chi connectivity index (χ4n) is 3.00. The van der Waals surface area contributed by atoms with E-state index in [9.17, 15) is 18.0 Å². The van der Waals surface area contributed by atoms with Crippen molar-refractivity contribution in [3.05, 3.63) is 95.0 Å². The van der Waals surface area contributed by atoms with Gasteiger partial charge in [0.05, 0.1) is 27.9 Å². The number of sulfone groups is 1. The Bertz CT molecular complexity index is 1180. The number of anilines is 1. The molecule has 0 aliphatic carbocycles. The number of carbonyl (C=O) groups is 2. The minimum Gasteiger partial charge on any atom is -0.345 e. The third kappa shape index (κ3) is 6.16. The highest BCUT2D eigenvalue weighted by molar-refractivity contribution is 7.90. The van der Waals surface area contributed by atoms with Crippen molar-refractivity contribution in [2.75, 3.05) is 11.6 Å². The molecule has 0 radical (unpaired) electrons. The molecule has 8 heteroatoms. The van der Waals surface area contributed by atoms with E-state index in [0.717, 1.165) is 11.8 Å². The van der Waals surface area contributed by atoms with Gasteiger partial charge in [-0.05, 0) is 42.0 Å². The lowest BCUT2D eigenvalue weighted by Gasteiger charge is -2.19. The summed E-state index contributed by atoms with van der Waals surface area (Å²) >= 11 is 6.12. The Balaban J connectivity index is 1.75. The van der Waals surface area contributed by atoms with Gasteiger partial charge in [0.1, 0.15) is 0 Å². The first kappa shape index (κ1) is 22.5. The molecule has 0 saturated heterocycles. The molecule has 1 unspecified atom stereocenters. The summed E-state index contributed by atoms with van der Waals surface area (Å²) in [6.07, 6.45) is 1.10. The van der Waals surface area contributed by atoms with Crippen LogP contribution in [-0.4, -0.2) is 26.5 Å². The van der Waals surface area contributed by atoms with E-state index in [2.05, 4.69) is 10.6 Å². The second-order valence-corrected chi connectivity index (χ2v) is 9.39. The number of halogens is 1. The predicted octanol–water partition coefficient (Wildman–Crippen LogP) is 4.24. The molecule has 0 spiro atoms. The fraction of sp³-hybridized carbons (Fsp3) is 0.130. The van der Waals surface area contributed by atoms with E-state index in [0.29, 0.717) is 16.3 Å². The van der Waals surface area contributed by atoms with Crippen LogP contribution in [0.3, 0.4) is 0 Å². The third-order valence-corrected chi connectivity index (χ3v) is 6.04. The van der Waals surface area contributed by atoms with Crippen LogP contribution in [0.15, 0.2) is 83.8 Å². The molecule has 2 N–H and O–H groups in total. The average molecular weight is 457 g/mol. The van der Waals surface area contributed by atoms with Crippen molar-refractivity contribution in [1.82, 2.24) is 5.32 Å². The molecule has 0 aliphatic heterocycles. The second-order valence-electron chi connectivity index (χ2n) is 6.97. The number of rotatable bonds is 7. The first-order valence-electron chi connectivity index (χ1n) is 9.44. The summed E-state index contributed by atoms with van der Waals surface area (Å²) in [6.45, 7) is 0. The first-order valence-corrected chi connectivity index (χ1v) is 11.7. The summed E-state index contributed by atoms with van der Waals surface area (Å²) in [5, 5.41) is 5.93. The Hall–Kier alpha value is -3.16. The van der Waals surface area contributed by atoms with Gasteiger partial charge in [0.25, 0.3) is 5.91 Å². The zero-order valence-electron chi connectivity index (χ0n) is 16.7. The Labute approximate surface area is 186 Å². The Morgan fingerprint density at radius 1 is 0.903 bits per heavy atom.